The van der Waals surface area contributed by atoms with Gasteiger partial charge in [0.2, 0.25) is 5.88 Å². The summed E-state index contributed by atoms with van der Waals surface area (Å²) in [7, 11) is 1.51. The second-order valence-corrected chi connectivity index (χ2v) is 6.31. The molecule has 1 aliphatic heterocycles. The summed E-state index contributed by atoms with van der Waals surface area (Å²) >= 11 is 0. The molecule has 0 bridgehead atoms. The van der Waals surface area contributed by atoms with Crippen LogP contribution in [0.4, 0.5) is 0 Å². The quantitative estimate of drug-likeness (QED) is 0.663. The molecule has 0 aliphatic carbocycles. The minimum atomic E-state index is -0.152. The van der Waals surface area contributed by atoms with Crippen LogP contribution in [0.3, 0.4) is 0 Å². The van der Waals surface area contributed by atoms with Crippen molar-refractivity contribution in [2.45, 2.75) is 18.9 Å². The lowest BCUT2D eigenvalue weighted by Gasteiger charge is -2.31. The Bertz CT molecular complexity index is 938. The Kier molecular flexibility index (Phi) is 5.14. The van der Waals surface area contributed by atoms with E-state index in [9.17, 15) is 4.79 Å². The number of pyridine rings is 1. The predicted molar refractivity (Wildman–Crippen MR) is 97.9 cm³/mol. The number of ether oxygens (including phenoxy) is 2. The first-order chi connectivity index (χ1) is 13.7. The lowest BCUT2D eigenvalue weighted by atomic mass is 10.1. The van der Waals surface area contributed by atoms with E-state index >= 15 is 0 Å². The molecule has 0 N–H and O–H groups in total. The number of carbonyl (C=O) groups excluding carboxylic acids is 1. The predicted octanol–water partition coefficient (Wildman–Crippen LogP) is 2.22. The van der Waals surface area contributed by atoms with Crippen LogP contribution in [0.15, 0.2) is 47.4 Å². The fourth-order valence-electron chi connectivity index (χ4n) is 3.02. The Morgan fingerprint density at radius 2 is 2.11 bits per heavy atom. The van der Waals surface area contributed by atoms with E-state index in [4.69, 9.17) is 14.0 Å². The van der Waals surface area contributed by atoms with Crippen LogP contribution in [0.2, 0.25) is 0 Å². The first kappa shape index (κ1) is 17.9. The molecule has 9 nitrogen and oxygen atoms in total. The van der Waals surface area contributed by atoms with Crippen molar-refractivity contribution in [3.63, 3.8) is 0 Å². The zero-order valence-electron chi connectivity index (χ0n) is 15.3. The van der Waals surface area contributed by atoms with E-state index in [0.29, 0.717) is 43.3 Å². The molecule has 0 aromatic carbocycles. The minimum absolute atomic E-state index is 0.0214. The summed E-state index contributed by atoms with van der Waals surface area (Å²) < 4.78 is 16.2. The largest absolute Gasteiger partial charge is 0.474 e. The second-order valence-electron chi connectivity index (χ2n) is 6.31. The number of hydrogen-bond acceptors (Lipinski definition) is 8. The maximum atomic E-state index is 12.7. The summed E-state index contributed by atoms with van der Waals surface area (Å²) in [5.41, 5.74) is 1.07. The maximum absolute atomic E-state index is 12.7. The fourth-order valence-corrected chi connectivity index (χ4v) is 3.02. The third-order valence-electron chi connectivity index (χ3n) is 4.48. The molecular formula is C19H19N5O4. The monoisotopic (exact) mass is 381 g/mol. The topological polar surface area (TPSA) is 103 Å². The number of carbonyl (C=O) groups is 1. The van der Waals surface area contributed by atoms with Gasteiger partial charge >= 0.3 is 6.01 Å². The highest BCUT2D eigenvalue weighted by Gasteiger charge is 2.27. The van der Waals surface area contributed by atoms with Crippen LogP contribution in [-0.2, 0) is 0 Å². The van der Waals surface area contributed by atoms with Crippen molar-refractivity contribution in [2.24, 2.45) is 0 Å². The molecule has 4 heterocycles. The van der Waals surface area contributed by atoms with E-state index in [1.54, 1.807) is 41.7 Å². The van der Waals surface area contributed by atoms with Crippen LogP contribution in [0, 0.1) is 0 Å². The van der Waals surface area contributed by atoms with Gasteiger partial charge in [-0.05, 0) is 12.1 Å². The number of methoxy groups -OCH3 is 1. The first-order valence-electron chi connectivity index (χ1n) is 8.93. The third kappa shape index (κ3) is 3.93. The molecule has 3 aromatic heterocycles. The van der Waals surface area contributed by atoms with E-state index in [-0.39, 0.29) is 18.0 Å². The van der Waals surface area contributed by atoms with Crippen LogP contribution in [0.5, 0.6) is 11.9 Å². The number of piperidine rings is 1. The molecule has 4 rings (SSSR count). The van der Waals surface area contributed by atoms with E-state index in [1.807, 2.05) is 6.07 Å². The number of aromatic nitrogens is 4. The van der Waals surface area contributed by atoms with Gasteiger partial charge in [-0.3, -0.25) is 9.78 Å². The number of amides is 1. The van der Waals surface area contributed by atoms with Gasteiger partial charge in [0.25, 0.3) is 5.91 Å². The van der Waals surface area contributed by atoms with Gasteiger partial charge in [0.1, 0.15) is 6.10 Å². The average Bonchev–Trinajstić information content (AvgIpc) is 3.25. The van der Waals surface area contributed by atoms with E-state index in [2.05, 4.69) is 20.1 Å². The van der Waals surface area contributed by atoms with Gasteiger partial charge in [-0.2, -0.15) is 4.98 Å². The Labute approximate surface area is 161 Å². The number of rotatable bonds is 5. The van der Waals surface area contributed by atoms with Crippen LogP contribution in [-0.4, -0.2) is 57.2 Å². The molecule has 144 valence electrons. The molecule has 1 aliphatic rings. The highest BCUT2D eigenvalue weighted by atomic mass is 16.5. The molecule has 0 radical (unpaired) electrons. The van der Waals surface area contributed by atoms with E-state index in [0.717, 1.165) is 5.56 Å². The van der Waals surface area contributed by atoms with Crippen LogP contribution >= 0.6 is 0 Å². The average molecular weight is 381 g/mol. The lowest BCUT2D eigenvalue weighted by Crippen LogP contribution is -2.42. The number of nitrogens with zero attached hydrogens (tertiary/aromatic N) is 5. The van der Waals surface area contributed by atoms with Crippen molar-refractivity contribution in [3.05, 3.63) is 48.5 Å². The molecule has 0 atom stereocenters. The molecular weight excluding hydrogens is 362 g/mol. The smallest absolute Gasteiger partial charge is 0.319 e. The van der Waals surface area contributed by atoms with Gasteiger partial charge < -0.3 is 18.9 Å². The van der Waals surface area contributed by atoms with Gasteiger partial charge in [-0.1, -0.05) is 5.16 Å². The molecule has 28 heavy (non-hydrogen) atoms. The molecule has 0 unspecified atom stereocenters. The molecule has 1 amide bonds. The van der Waals surface area contributed by atoms with Gasteiger partial charge in [0.15, 0.2) is 11.5 Å². The van der Waals surface area contributed by atoms with Crippen molar-refractivity contribution >= 4 is 5.91 Å². The highest BCUT2D eigenvalue weighted by molar-refractivity contribution is 5.93. The van der Waals surface area contributed by atoms with Crippen molar-refractivity contribution in [3.8, 4) is 23.2 Å². The molecule has 3 aromatic rings. The van der Waals surface area contributed by atoms with Crippen LogP contribution < -0.4 is 9.47 Å². The molecule has 1 saturated heterocycles. The Hall–Kier alpha value is -3.49. The zero-order valence-corrected chi connectivity index (χ0v) is 15.3. The number of hydrogen-bond donors (Lipinski definition) is 0. The Morgan fingerprint density at radius 1 is 1.25 bits per heavy atom. The van der Waals surface area contributed by atoms with Crippen molar-refractivity contribution < 1.29 is 18.8 Å². The fraction of sp³-hybridized carbons (Fsp3) is 0.316. The summed E-state index contributed by atoms with van der Waals surface area (Å²) in [4.78, 5) is 26.6. The summed E-state index contributed by atoms with van der Waals surface area (Å²) in [6, 6.07) is 7.26. The normalized spacial score (nSPS) is 14.7. The van der Waals surface area contributed by atoms with Gasteiger partial charge in [0, 0.05) is 62.2 Å². The standard InChI is InChI=1S/C19H19N5O4/c1-26-19-21-8-4-17(22-19)27-14-5-9-24(10-6-14)18(25)15-11-16(28-23-15)13-3-2-7-20-12-13/h2-4,7-8,11-12,14H,5-6,9-10H2,1H3. The third-order valence-corrected chi connectivity index (χ3v) is 4.48. The maximum Gasteiger partial charge on any atom is 0.319 e. The molecule has 9 heteroatoms. The van der Waals surface area contributed by atoms with E-state index in [1.165, 1.54) is 7.11 Å². The summed E-state index contributed by atoms with van der Waals surface area (Å²) in [6.45, 7) is 1.14. The van der Waals surface area contributed by atoms with Gasteiger partial charge in [-0.25, -0.2) is 4.98 Å². The molecule has 1 fully saturated rings. The Morgan fingerprint density at radius 3 is 2.86 bits per heavy atom. The van der Waals surface area contributed by atoms with E-state index < -0.39 is 0 Å². The summed E-state index contributed by atoms with van der Waals surface area (Å²) in [5, 5.41) is 3.92. The van der Waals surface area contributed by atoms with Crippen molar-refractivity contribution in [1.29, 1.82) is 0 Å². The summed E-state index contributed by atoms with van der Waals surface area (Å²) in [5.74, 6) is 0.836. The van der Waals surface area contributed by atoms with Crippen LogP contribution in [0.25, 0.3) is 11.3 Å². The van der Waals surface area contributed by atoms with Crippen LogP contribution in [0.1, 0.15) is 23.3 Å². The number of likely N-dealkylation sites (tertiary alicyclic amines) is 1. The highest BCUT2D eigenvalue weighted by Crippen LogP contribution is 2.22. The Balaban J connectivity index is 1.34. The zero-order chi connectivity index (χ0) is 19.3. The second kappa shape index (κ2) is 8.03. The summed E-state index contributed by atoms with van der Waals surface area (Å²) in [6.07, 6.45) is 6.31. The molecule has 0 spiro atoms. The van der Waals surface area contributed by atoms with Gasteiger partial charge in [-0.15, -0.1) is 0 Å². The van der Waals surface area contributed by atoms with Gasteiger partial charge in [0.05, 0.1) is 7.11 Å². The first-order valence-corrected chi connectivity index (χ1v) is 8.93. The van der Waals surface area contributed by atoms with Crippen molar-refractivity contribution in [1.82, 2.24) is 25.0 Å². The van der Waals surface area contributed by atoms with Crippen molar-refractivity contribution in [2.75, 3.05) is 20.2 Å². The molecule has 0 saturated carbocycles. The lowest BCUT2D eigenvalue weighted by molar-refractivity contribution is 0.0577. The minimum Gasteiger partial charge on any atom is -0.474 e. The SMILES string of the molecule is COc1nccc(OC2CCN(C(=O)c3cc(-c4cccnc4)on3)CC2)n1.